The molecule has 1 aromatic heterocycles. The summed E-state index contributed by atoms with van der Waals surface area (Å²) in [4.78, 5) is 4.31. The molecule has 3 heteroatoms. The monoisotopic (exact) mass is 188 g/mol. The topological polar surface area (TPSA) is 52.0 Å². The van der Waals surface area contributed by atoms with Crippen molar-refractivity contribution in [1.82, 2.24) is 4.98 Å². The summed E-state index contributed by atoms with van der Waals surface area (Å²) in [5, 5.41) is 0. The van der Waals surface area contributed by atoms with E-state index in [9.17, 15) is 0 Å². The molecule has 0 unspecified atom stereocenters. The van der Waals surface area contributed by atoms with Gasteiger partial charge < -0.3 is 10.2 Å². The lowest BCUT2D eigenvalue weighted by Gasteiger charge is -1.94. The minimum atomic E-state index is 0.341. The number of aromatic nitrogens is 1. The van der Waals surface area contributed by atoms with Crippen molar-refractivity contribution in [2.75, 3.05) is 0 Å². The van der Waals surface area contributed by atoms with E-state index in [1.54, 1.807) is 0 Å². The third-order valence-corrected chi connectivity index (χ3v) is 2.06. The molecule has 2 aromatic rings. The van der Waals surface area contributed by atoms with Gasteiger partial charge in [0.05, 0.1) is 6.54 Å². The molecule has 1 heterocycles. The molecule has 2 rings (SSSR count). The third-order valence-electron chi connectivity index (χ3n) is 2.06. The summed E-state index contributed by atoms with van der Waals surface area (Å²) < 4.78 is 5.38. The first kappa shape index (κ1) is 8.97. The zero-order chi connectivity index (χ0) is 9.97. The fourth-order valence-corrected chi connectivity index (χ4v) is 1.40. The summed E-state index contributed by atoms with van der Waals surface area (Å²) >= 11 is 0. The Hall–Kier alpha value is -1.61. The molecule has 2 N–H and O–H groups in total. The first-order chi connectivity index (χ1) is 6.81. The van der Waals surface area contributed by atoms with Crippen molar-refractivity contribution in [2.45, 2.75) is 13.5 Å². The molecule has 14 heavy (non-hydrogen) atoms. The number of oxazole rings is 1. The molecule has 0 radical (unpaired) electrons. The number of nitrogens with two attached hydrogens (primary N) is 1. The maximum absolute atomic E-state index is 5.45. The van der Waals surface area contributed by atoms with Crippen molar-refractivity contribution in [3.63, 3.8) is 0 Å². The van der Waals surface area contributed by atoms with Gasteiger partial charge >= 0.3 is 0 Å². The number of rotatable bonds is 2. The Balaban J connectivity index is 2.46. The van der Waals surface area contributed by atoms with E-state index in [2.05, 4.69) is 4.98 Å². The van der Waals surface area contributed by atoms with Crippen molar-refractivity contribution in [1.29, 1.82) is 0 Å². The van der Waals surface area contributed by atoms with Crippen molar-refractivity contribution in [3.8, 4) is 11.3 Å². The molecule has 0 bridgehead atoms. The zero-order valence-corrected chi connectivity index (χ0v) is 8.03. The molecule has 0 aliphatic heterocycles. The summed E-state index contributed by atoms with van der Waals surface area (Å²) in [7, 11) is 0. The molecular formula is C11H12N2O. The number of benzene rings is 1. The van der Waals surface area contributed by atoms with Gasteiger partial charge in [0, 0.05) is 5.56 Å². The lowest BCUT2D eigenvalue weighted by Crippen LogP contribution is -1.95. The third kappa shape index (κ3) is 1.54. The van der Waals surface area contributed by atoms with Crippen molar-refractivity contribution in [2.24, 2.45) is 5.73 Å². The largest absolute Gasteiger partial charge is 0.444 e. The van der Waals surface area contributed by atoms with Crippen LogP contribution in [0.15, 0.2) is 34.7 Å². The highest BCUT2D eigenvalue weighted by Crippen LogP contribution is 2.22. The van der Waals surface area contributed by atoms with Crippen molar-refractivity contribution in [3.05, 3.63) is 42.0 Å². The van der Waals surface area contributed by atoms with Crippen molar-refractivity contribution >= 4 is 0 Å². The second-order valence-corrected chi connectivity index (χ2v) is 3.08. The highest BCUT2D eigenvalue weighted by molar-refractivity contribution is 5.60. The Morgan fingerprint density at radius 3 is 2.57 bits per heavy atom. The van der Waals surface area contributed by atoms with Gasteiger partial charge in [0.2, 0.25) is 5.89 Å². The second kappa shape index (κ2) is 3.64. The summed E-state index contributed by atoms with van der Waals surface area (Å²) in [6.45, 7) is 2.24. The van der Waals surface area contributed by atoms with Gasteiger partial charge in [-0.1, -0.05) is 30.3 Å². The molecular weight excluding hydrogens is 176 g/mol. The first-order valence-electron chi connectivity index (χ1n) is 4.53. The Morgan fingerprint density at radius 2 is 2.00 bits per heavy atom. The van der Waals surface area contributed by atoms with Gasteiger partial charge in [-0.3, -0.25) is 0 Å². The van der Waals surface area contributed by atoms with Crippen LogP contribution in [-0.2, 0) is 6.54 Å². The number of hydrogen-bond donors (Lipinski definition) is 1. The fraction of sp³-hybridized carbons (Fsp3) is 0.182. The molecule has 0 amide bonds. The number of aryl methyl sites for hydroxylation is 1. The predicted octanol–water partition coefficient (Wildman–Crippen LogP) is 2.11. The van der Waals surface area contributed by atoms with Crippen LogP contribution in [0.4, 0.5) is 0 Å². The highest BCUT2D eigenvalue weighted by Gasteiger charge is 2.09. The van der Waals surface area contributed by atoms with Gasteiger partial charge in [0.25, 0.3) is 0 Å². The van der Waals surface area contributed by atoms with Gasteiger partial charge in [-0.15, -0.1) is 0 Å². The lowest BCUT2D eigenvalue weighted by atomic mass is 10.1. The molecule has 0 aliphatic carbocycles. The highest BCUT2D eigenvalue weighted by atomic mass is 16.4. The van der Waals surface area contributed by atoms with Crippen LogP contribution < -0.4 is 5.73 Å². The fourth-order valence-electron chi connectivity index (χ4n) is 1.40. The average Bonchev–Trinajstić information content (AvgIpc) is 2.61. The summed E-state index contributed by atoms with van der Waals surface area (Å²) in [6, 6.07) is 9.94. The van der Waals surface area contributed by atoms with Crippen LogP contribution >= 0.6 is 0 Å². The number of nitrogens with zero attached hydrogens (tertiary/aromatic N) is 1. The average molecular weight is 188 g/mol. The smallest absolute Gasteiger partial charge is 0.208 e. The molecule has 0 saturated carbocycles. The van der Waals surface area contributed by atoms with Gasteiger partial charge in [0.1, 0.15) is 11.5 Å². The van der Waals surface area contributed by atoms with E-state index in [1.807, 2.05) is 37.3 Å². The van der Waals surface area contributed by atoms with E-state index in [-0.39, 0.29) is 0 Å². The molecule has 0 aliphatic rings. The lowest BCUT2D eigenvalue weighted by molar-refractivity contribution is 0.474. The van der Waals surface area contributed by atoms with E-state index in [0.717, 1.165) is 17.0 Å². The minimum Gasteiger partial charge on any atom is -0.444 e. The van der Waals surface area contributed by atoms with Gasteiger partial charge in [-0.05, 0) is 6.92 Å². The molecule has 3 nitrogen and oxygen atoms in total. The van der Waals surface area contributed by atoms with E-state index < -0.39 is 0 Å². The van der Waals surface area contributed by atoms with Crippen molar-refractivity contribution < 1.29 is 4.42 Å². The van der Waals surface area contributed by atoms with Gasteiger partial charge in [-0.25, -0.2) is 4.98 Å². The maximum Gasteiger partial charge on any atom is 0.208 e. The minimum absolute atomic E-state index is 0.341. The molecule has 0 saturated heterocycles. The molecule has 0 spiro atoms. The molecule has 0 fully saturated rings. The van der Waals surface area contributed by atoms with E-state index >= 15 is 0 Å². The maximum atomic E-state index is 5.45. The van der Waals surface area contributed by atoms with E-state index in [1.165, 1.54) is 0 Å². The summed E-state index contributed by atoms with van der Waals surface area (Å²) in [5.74, 6) is 1.40. The number of hydrogen-bond acceptors (Lipinski definition) is 3. The van der Waals surface area contributed by atoms with E-state index in [4.69, 9.17) is 10.2 Å². The quantitative estimate of drug-likeness (QED) is 0.785. The molecule has 0 atom stereocenters. The zero-order valence-electron chi connectivity index (χ0n) is 8.03. The normalized spacial score (nSPS) is 10.4. The molecule has 1 aromatic carbocycles. The van der Waals surface area contributed by atoms with Crippen LogP contribution in [0.5, 0.6) is 0 Å². The van der Waals surface area contributed by atoms with Gasteiger partial charge in [-0.2, -0.15) is 0 Å². The summed E-state index contributed by atoms with van der Waals surface area (Å²) in [5.41, 5.74) is 7.40. The standard InChI is InChI=1S/C11H12N2O/c1-8-11(13-10(7-12)14-8)9-5-3-2-4-6-9/h2-6H,7,12H2,1H3. The predicted molar refractivity (Wildman–Crippen MR) is 54.6 cm³/mol. The Morgan fingerprint density at radius 1 is 1.29 bits per heavy atom. The van der Waals surface area contributed by atoms with Crippen LogP contribution in [-0.4, -0.2) is 4.98 Å². The Labute approximate surface area is 82.6 Å². The molecule has 72 valence electrons. The van der Waals surface area contributed by atoms with Crippen LogP contribution in [0.25, 0.3) is 11.3 Å². The first-order valence-corrected chi connectivity index (χ1v) is 4.53. The Kier molecular flexibility index (Phi) is 2.33. The van der Waals surface area contributed by atoms with Gasteiger partial charge in [0.15, 0.2) is 0 Å². The van der Waals surface area contributed by atoms with Crippen LogP contribution in [0.3, 0.4) is 0 Å². The second-order valence-electron chi connectivity index (χ2n) is 3.08. The SMILES string of the molecule is Cc1oc(CN)nc1-c1ccccc1. The summed E-state index contributed by atoms with van der Waals surface area (Å²) in [6.07, 6.45) is 0. The van der Waals surface area contributed by atoms with Crippen LogP contribution in [0.1, 0.15) is 11.7 Å². The van der Waals surface area contributed by atoms with Crippen LogP contribution in [0.2, 0.25) is 0 Å². The van der Waals surface area contributed by atoms with Crippen LogP contribution in [0, 0.1) is 6.92 Å². The Bertz CT molecular complexity index is 420. The van der Waals surface area contributed by atoms with E-state index in [0.29, 0.717) is 12.4 Å².